The number of ether oxygens (including phenoxy) is 1. The second-order valence-corrected chi connectivity index (χ2v) is 6.46. The van der Waals surface area contributed by atoms with Gasteiger partial charge in [-0.05, 0) is 51.2 Å². The summed E-state index contributed by atoms with van der Waals surface area (Å²) in [6.07, 6.45) is 0. The van der Waals surface area contributed by atoms with Crippen molar-refractivity contribution in [2.24, 2.45) is 0 Å². The van der Waals surface area contributed by atoms with E-state index in [1.54, 1.807) is 6.07 Å². The smallest absolute Gasteiger partial charge is 0.146 e. The van der Waals surface area contributed by atoms with E-state index >= 15 is 0 Å². The van der Waals surface area contributed by atoms with Gasteiger partial charge in [-0.2, -0.15) is 5.26 Å². The molecule has 0 N–H and O–H groups in total. The van der Waals surface area contributed by atoms with E-state index in [1.165, 1.54) is 5.56 Å². The van der Waals surface area contributed by atoms with Gasteiger partial charge in [0.25, 0.3) is 0 Å². The first-order valence-corrected chi connectivity index (χ1v) is 7.18. The lowest BCUT2D eigenvalue weighted by Gasteiger charge is -2.19. The van der Waals surface area contributed by atoms with Crippen molar-refractivity contribution in [1.82, 2.24) is 0 Å². The van der Waals surface area contributed by atoms with Gasteiger partial charge in [0.05, 0.1) is 0 Å². The zero-order valence-corrected chi connectivity index (χ0v) is 13.4. The number of halogens is 1. The molecule has 2 rings (SSSR count). The molecular formula is C17H16BrNO. The summed E-state index contributed by atoms with van der Waals surface area (Å²) >= 11 is 3.36. The maximum Gasteiger partial charge on any atom is 0.146 e. The normalized spacial score (nSPS) is 10.9. The highest BCUT2D eigenvalue weighted by Crippen LogP contribution is 2.32. The van der Waals surface area contributed by atoms with Gasteiger partial charge in [-0.15, -0.1) is 0 Å². The fourth-order valence-electron chi connectivity index (χ4n) is 1.85. The zero-order valence-electron chi connectivity index (χ0n) is 11.8. The van der Waals surface area contributed by atoms with Gasteiger partial charge in [-0.1, -0.05) is 39.0 Å². The molecule has 0 spiro atoms. The summed E-state index contributed by atoms with van der Waals surface area (Å²) in [7, 11) is 0. The number of rotatable bonds is 2. The molecule has 0 radical (unpaired) electrons. The molecule has 0 aromatic heterocycles. The van der Waals surface area contributed by atoms with E-state index in [9.17, 15) is 5.26 Å². The van der Waals surface area contributed by atoms with Crippen LogP contribution in [0.2, 0.25) is 0 Å². The van der Waals surface area contributed by atoms with E-state index in [-0.39, 0.29) is 5.41 Å². The van der Waals surface area contributed by atoms with Crippen LogP contribution in [0.5, 0.6) is 11.5 Å². The molecule has 102 valence electrons. The van der Waals surface area contributed by atoms with Gasteiger partial charge in [0, 0.05) is 4.47 Å². The van der Waals surface area contributed by atoms with Crippen LogP contribution in [-0.4, -0.2) is 0 Å². The molecule has 0 saturated carbocycles. The minimum absolute atomic E-state index is 0.0642. The minimum atomic E-state index is 0.0642. The van der Waals surface area contributed by atoms with Crippen molar-refractivity contribution in [1.29, 1.82) is 5.26 Å². The highest BCUT2D eigenvalue weighted by atomic mass is 79.9. The Morgan fingerprint density at radius 2 is 1.80 bits per heavy atom. The Kier molecular flexibility index (Phi) is 4.15. The molecule has 0 amide bonds. The number of hydrogen-bond acceptors (Lipinski definition) is 2. The van der Waals surface area contributed by atoms with Crippen LogP contribution in [0.1, 0.15) is 31.9 Å². The Morgan fingerprint density at radius 3 is 2.45 bits per heavy atom. The van der Waals surface area contributed by atoms with Crippen molar-refractivity contribution in [3.8, 4) is 17.6 Å². The third kappa shape index (κ3) is 3.20. The second kappa shape index (κ2) is 5.68. The van der Waals surface area contributed by atoms with Crippen molar-refractivity contribution >= 4 is 15.9 Å². The Labute approximate surface area is 128 Å². The van der Waals surface area contributed by atoms with E-state index in [1.807, 2.05) is 30.3 Å². The third-order valence-corrected chi connectivity index (χ3v) is 3.68. The van der Waals surface area contributed by atoms with E-state index < -0.39 is 0 Å². The molecule has 3 heteroatoms. The summed E-state index contributed by atoms with van der Waals surface area (Å²) < 4.78 is 6.60. The summed E-state index contributed by atoms with van der Waals surface area (Å²) in [6, 6.07) is 15.6. The van der Waals surface area contributed by atoms with E-state index in [0.29, 0.717) is 11.3 Å². The van der Waals surface area contributed by atoms with Crippen molar-refractivity contribution in [3.63, 3.8) is 0 Å². The molecule has 2 nitrogen and oxygen atoms in total. The molecule has 0 bridgehead atoms. The molecule has 20 heavy (non-hydrogen) atoms. The van der Waals surface area contributed by atoms with Crippen molar-refractivity contribution in [2.75, 3.05) is 0 Å². The molecule has 0 unspecified atom stereocenters. The third-order valence-electron chi connectivity index (χ3n) is 3.02. The van der Waals surface area contributed by atoms with Gasteiger partial charge in [0.1, 0.15) is 23.1 Å². The molecule has 0 fully saturated rings. The van der Waals surface area contributed by atoms with E-state index in [2.05, 4.69) is 48.8 Å². The predicted octanol–water partition coefficient (Wildman–Crippen LogP) is 5.41. The van der Waals surface area contributed by atoms with Gasteiger partial charge in [-0.3, -0.25) is 0 Å². The van der Waals surface area contributed by atoms with E-state index in [4.69, 9.17) is 4.74 Å². The van der Waals surface area contributed by atoms with Crippen LogP contribution in [0.25, 0.3) is 0 Å². The average Bonchev–Trinajstić information content (AvgIpc) is 2.38. The summed E-state index contributed by atoms with van der Waals surface area (Å²) in [5.41, 5.74) is 1.77. The Morgan fingerprint density at radius 1 is 1.10 bits per heavy atom. The molecule has 0 aliphatic rings. The maximum absolute atomic E-state index is 9.20. The Bertz CT molecular complexity index is 665. The second-order valence-electron chi connectivity index (χ2n) is 5.60. The molecule has 0 saturated heterocycles. The predicted molar refractivity (Wildman–Crippen MR) is 84.1 cm³/mol. The molecule has 0 atom stereocenters. The molecule has 0 aliphatic carbocycles. The van der Waals surface area contributed by atoms with Crippen LogP contribution >= 0.6 is 15.9 Å². The lowest BCUT2D eigenvalue weighted by molar-refractivity contribution is 0.476. The molecule has 0 aliphatic heterocycles. The van der Waals surface area contributed by atoms with Crippen molar-refractivity contribution in [2.45, 2.75) is 26.2 Å². The quantitative estimate of drug-likeness (QED) is 0.737. The molecule has 2 aromatic rings. The number of nitrogens with zero attached hydrogens (tertiary/aromatic N) is 1. The number of benzene rings is 2. The van der Waals surface area contributed by atoms with Crippen LogP contribution in [0, 0.1) is 11.3 Å². The van der Waals surface area contributed by atoms with Crippen LogP contribution in [0.3, 0.4) is 0 Å². The van der Waals surface area contributed by atoms with Gasteiger partial charge >= 0.3 is 0 Å². The summed E-state index contributed by atoms with van der Waals surface area (Å²) in [5.74, 6) is 1.31. The first-order valence-electron chi connectivity index (χ1n) is 6.39. The fraction of sp³-hybridized carbons (Fsp3) is 0.235. The van der Waals surface area contributed by atoms with Gasteiger partial charge in [-0.25, -0.2) is 0 Å². The first-order chi connectivity index (χ1) is 9.41. The topological polar surface area (TPSA) is 33.0 Å². The summed E-state index contributed by atoms with van der Waals surface area (Å²) in [4.78, 5) is 0. The monoisotopic (exact) mass is 329 g/mol. The number of hydrogen-bond donors (Lipinski definition) is 0. The molecular weight excluding hydrogens is 314 g/mol. The van der Waals surface area contributed by atoms with Crippen molar-refractivity contribution in [3.05, 3.63) is 58.1 Å². The zero-order chi connectivity index (χ0) is 14.8. The van der Waals surface area contributed by atoms with Crippen LogP contribution in [0.4, 0.5) is 0 Å². The average molecular weight is 330 g/mol. The summed E-state index contributed by atoms with van der Waals surface area (Å²) in [6.45, 7) is 6.48. The van der Waals surface area contributed by atoms with Gasteiger partial charge in [0.15, 0.2) is 0 Å². The van der Waals surface area contributed by atoms with Crippen molar-refractivity contribution < 1.29 is 4.74 Å². The minimum Gasteiger partial charge on any atom is -0.456 e. The highest BCUT2D eigenvalue weighted by molar-refractivity contribution is 9.10. The van der Waals surface area contributed by atoms with Gasteiger partial charge in [0.2, 0.25) is 0 Å². The largest absolute Gasteiger partial charge is 0.456 e. The molecule has 2 aromatic carbocycles. The lowest BCUT2D eigenvalue weighted by Crippen LogP contribution is -2.10. The highest BCUT2D eigenvalue weighted by Gasteiger charge is 2.15. The van der Waals surface area contributed by atoms with Crippen LogP contribution in [-0.2, 0) is 5.41 Å². The van der Waals surface area contributed by atoms with Gasteiger partial charge < -0.3 is 4.74 Å². The molecule has 0 heterocycles. The van der Waals surface area contributed by atoms with E-state index in [0.717, 1.165) is 10.2 Å². The SMILES string of the molecule is CC(C)(C)c1cccc(Oc2cccc(Br)c2C#N)c1. The lowest BCUT2D eigenvalue weighted by atomic mass is 9.87. The fourth-order valence-corrected chi connectivity index (χ4v) is 2.29. The van der Waals surface area contributed by atoms with Crippen LogP contribution < -0.4 is 4.74 Å². The Balaban J connectivity index is 2.37. The number of nitriles is 1. The first kappa shape index (κ1) is 14.6. The standard InChI is InChI=1S/C17H16BrNO/c1-17(2,3)12-6-4-7-13(10-12)20-16-9-5-8-15(18)14(16)11-19/h4-10H,1-3H3. The maximum atomic E-state index is 9.20. The Hall–Kier alpha value is -1.79. The van der Waals surface area contributed by atoms with Crippen LogP contribution in [0.15, 0.2) is 46.9 Å². The summed E-state index contributed by atoms with van der Waals surface area (Å²) in [5, 5.41) is 9.20.